The van der Waals surface area contributed by atoms with Gasteiger partial charge in [0.05, 0.1) is 35.3 Å². The minimum absolute atomic E-state index is 0.0995. The number of nitrogens with zero attached hydrogens (tertiary/aromatic N) is 4. The molecule has 0 radical (unpaired) electrons. The zero-order chi connectivity index (χ0) is 22.1. The van der Waals surface area contributed by atoms with Gasteiger partial charge in [0, 0.05) is 31.6 Å². The highest BCUT2D eigenvalue weighted by Crippen LogP contribution is 2.37. The molecule has 0 saturated carbocycles. The molecule has 4 N–H and O–H groups in total. The van der Waals surface area contributed by atoms with Gasteiger partial charge >= 0.3 is 0 Å². The maximum absolute atomic E-state index is 13.0. The number of aromatic nitrogens is 2. The zero-order valence-corrected chi connectivity index (χ0v) is 16.8. The predicted octanol–water partition coefficient (Wildman–Crippen LogP) is 1.18. The highest BCUT2D eigenvalue weighted by molar-refractivity contribution is 6.06. The van der Waals surface area contributed by atoms with Crippen molar-refractivity contribution in [2.75, 3.05) is 47.6 Å². The summed E-state index contributed by atoms with van der Waals surface area (Å²) in [5.41, 5.74) is 7.29. The molecule has 1 atom stereocenters. The number of nitro groups is 1. The molecule has 31 heavy (non-hydrogen) atoms. The van der Waals surface area contributed by atoms with Gasteiger partial charge in [-0.25, -0.2) is 0 Å². The van der Waals surface area contributed by atoms with Gasteiger partial charge < -0.3 is 26.0 Å². The van der Waals surface area contributed by atoms with Crippen LogP contribution in [-0.4, -0.2) is 53.0 Å². The topological polar surface area (TPSA) is 166 Å². The summed E-state index contributed by atoms with van der Waals surface area (Å²) in [4.78, 5) is 46.5. The highest BCUT2D eigenvalue weighted by Gasteiger charge is 2.35. The fraction of sp³-hybridized carbons (Fsp3) is 0.368. The van der Waals surface area contributed by atoms with E-state index < -0.39 is 16.7 Å². The summed E-state index contributed by atoms with van der Waals surface area (Å²) in [7, 11) is 0. The van der Waals surface area contributed by atoms with E-state index in [1.807, 2.05) is 4.90 Å². The first-order chi connectivity index (χ1) is 14.8. The molecule has 2 amide bonds. The quantitative estimate of drug-likeness (QED) is 0.479. The van der Waals surface area contributed by atoms with Gasteiger partial charge in [-0.1, -0.05) is 6.07 Å². The predicted molar refractivity (Wildman–Crippen MR) is 112 cm³/mol. The van der Waals surface area contributed by atoms with Gasteiger partial charge in [-0.3, -0.25) is 19.7 Å². The molecule has 12 nitrogen and oxygen atoms in total. The summed E-state index contributed by atoms with van der Waals surface area (Å²) in [6.45, 7) is 3.94. The number of nitrogens with two attached hydrogens (primary N) is 1. The Morgan fingerprint density at radius 3 is 2.81 bits per heavy atom. The molecular weight excluding hydrogens is 406 g/mol. The first-order valence-corrected chi connectivity index (χ1v) is 9.69. The minimum Gasteiger partial charge on any atom is -0.383 e. The summed E-state index contributed by atoms with van der Waals surface area (Å²) in [5, 5.41) is 16.4. The number of nitro benzene ring substituents is 1. The number of nitrogens with one attached hydrogen (secondary N) is 2. The Bertz CT molecular complexity index is 1070. The lowest BCUT2D eigenvalue weighted by molar-refractivity contribution is -0.384. The van der Waals surface area contributed by atoms with E-state index in [0.717, 1.165) is 0 Å². The lowest BCUT2D eigenvalue weighted by Crippen LogP contribution is -2.38. The third kappa shape index (κ3) is 4.10. The molecule has 2 aromatic rings. The minimum atomic E-state index is -0.929. The van der Waals surface area contributed by atoms with Crippen molar-refractivity contribution >= 4 is 40.8 Å². The van der Waals surface area contributed by atoms with E-state index in [0.29, 0.717) is 43.4 Å². The van der Waals surface area contributed by atoms with Crippen molar-refractivity contribution in [3.05, 3.63) is 39.4 Å². The fourth-order valence-electron chi connectivity index (χ4n) is 3.59. The molecule has 4 rings (SSSR count). The van der Waals surface area contributed by atoms with Gasteiger partial charge in [0.25, 0.3) is 5.69 Å². The Hall–Kier alpha value is -3.80. The third-order valence-corrected chi connectivity index (χ3v) is 5.26. The maximum Gasteiger partial charge on any atom is 0.271 e. The van der Waals surface area contributed by atoms with Crippen LogP contribution in [0.1, 0.15) is 23.5 Å². The largest absolute Gasteiger partial charge is 0.383 e. The molecule has 0 bridgehead atoms. The van der Waals surface area contributed by atoms with Crippen molar-refractivity contribution in [2.24, 2.45) is 0 Å². The normalized spacial score (nSPS) is 18.2. The summed E-state index contributed by atoms with van der Waals surface area (Å²) in [6, 6.07) is 4.17. The molecule has 0 unspecified atom stereocenters. The van der Waals surface area contributed by atoms with Crippen molar-refractivity contribution in [3.8, 4) is 0 Å². The monoisotopic (exact) mass is 427 g/mol. The number of fused-ring (bicyclic) bond motifs is 1. The molecule has 0 spiro atoms. The standard InChI is InChI=1S/C19H21N7O5/c1-10-2-3-11(26(29)30)8-13(10)21-18(28)12-9-14(27)22-17-15(12)16(20)23-19(24-17)25-4-6-31-7-5-25/h2-3,8,12H,4-7,9H2,1H3,(H,21,28)(H3,20,22,23,24,27)/t12-/m0/s1. The number of carbonyl (C=O) groups is 2. The number of ether oxygens (including phenoxy) is 1. The van der Waals surface area contributed by atoms with Gasteiger partial charge in [0.1, 0.15) is 11.6 Å². The Morgan fingerprint density at radius 2 is 2.10 bits per heavy atom. The van der Waals surface area contributed by atoms with Crippen molar-refractivity contribution in [3.63, 3.8) is 0 Å². The van der Waals surface area contributed by atoms with E-state index in [2.05, 4.69) is 20.6 Å². The van der Waals surface area contributed by atoms with Crippen LogP contribution in [0.5, 0.6) is 0 Å². The number of anilines is 4. The van der Waals surface area contributed by atoms with Crippen molar-refractivity contribution < 1.29 is 19.2 Å². The molecule has 2 aliphatic rings. The average molecular weight is 427 g/mol. The second-order valence-corrected chi connectivity index (χ2v) is 7.32. The van der Waals surface area contributed by atoms with Gasteiger partial charge in [0.15, 0.2) is 0 Å². The molecular formula is C19H21N7O5. The Kier molecular flexibility index (Phi) is 5.38. The van der Waals surface area contributed by atoms with Crippen LogP contribution in [0.25, 0.3) is 0 Å². The highest BCUT2D eigenvalue weighted by atomic mass is 16.6. The van der Waals surface area contributed by atoms with Crippen LogP contribution in [0, 0.1) is 17.0 Å². The maximum atomic E-state index is 13.0. The van der Waals surface area contributed by atoms with Gasteiger partial charge in [-0.15, -0.1) is 0 Å². The second-order valence-electron chi connectivity index (χ2n) is 7.32. The summed E-state index contributed by atoms with van der Waals surface area (Å²) in [5.74, 6) is -1.18. The summed E-state index contributed by atoms with van der Waals surface area (Å²) >= 11 is 0. The number of carbonyl (C=O) groups excluding carboxylic acids is 2. The van der Waals surface area contributed by atoms with Gasteiger partial charge in [-0.05, 0) is 12.5 Å². The molecule has 1 saturated heterocycles. The Morgan fingerprint density at radius 1 is 1.35 bits per heavy atom. The number of nitrogen functional groups attached to an aromatic ring is 1. The van der Waals surface area contributed by atoms with E-state index in [-0.39, 0.29) is 35.3 Å². The van der Waals surface area contributed by atoms with E-state index in [1.54, 1.807) is 13.0 Å². The smallest absolute Gasteiger partial charge is 0.271 e. The van der Waals surface area contributed by atoms with Crippen molar-refractivity contribution in [2.45, 2.75) is 19.3 Å². The fourth-order valence-corrected chi connectivity index (χ4v) is 3.59. The van der Waals surface area contributed by atoms with E-state index >= 15 is 0 Å². The van der Waals surface area contributed by atoms with Gasteiger partial charge in [-0.2, -0.15) is 9.97 Å². The Balaban J connectivity index is 1.65. The van der Waals surface area contributed by atoms with Crippen LogP contribution in [0.3, 0.4) is 0 Å². The van der Waals surface area contributed by atoms with Crippen molar-refractivity contribution in [1.82, 2.24) is 9.97 Å². The lowest BCUT2D eigenvalue weighted by Gasteiger charge is -2.30. The summed E-state index contributed by atoms with van der Waals surface area (Å²) < 4.78 is 5.33. The van der Waals surface area contributed by atoms with Crippen molar-refractivity contribution in [1.29, 1.82) is 0 Å². The molecule has 1 aromatic heterocycles. The zero-order valence-electron chi connectivity index (χ0n) is 16.8. The van der Waals surface area contributed by atoms with Crippen LogP contribution in [-0.2, 0) is 14.3 Å². The third-order valence-electron chi connectivity index (χ3n) is 5.26. The van der Waals surface area contributed by atoms with Crippen LogP contribution < -0.4 is 21.3 Å². The molecule has 1 aromatic carbocycles. The van der Waals surface area contributed by atoms with Crippen LogP contribution >= 0.6 is 0 Å². The number of amides is 2. The van der Waals surface area contributed by atoms with Gasteiger partial charge in [0.2, 0.25) is 17.8 Å². The SMILES string of the molecule is Cc1ccc([N+](=O)[O-])cc1NC(=O)[C@H]1CC(=O)Nc2nc(N3CCOCC3)nc(N)c21. The molecule has 162 valence electrons. The second kappa shape index (κ2) is 8.14. The Labute approximate surface area is 176 Å². The number of morpholine rings is 1. The average Bonchev–Trinajstić information content (AvgIpc) is 2.74. The van der Waals surface area contributed by atoms with E-state index in [9.17, 15) is 19.7 Å². The number of hydrogen-bond acceptors (Lipinski definition) is 9. The number of rotatable bonds is 4. The van der Waals surface area contributed by atoms with Crippen LogP contribution in [0.4, 0.5) is 29.0 Å². The van der Waals surface area contributed by atoms with Crippen LogP contribution in [0.2, 0.25) is 0 Å². The number of benzene rings is 1. The number of aryl methyl sites for hydroxylation is 1. The molecule has 2 aliphatic heterocycles. The molecule has 0 aliphatic carbocycles. The number of non-ortho nitro benzene ring substituents is 1. The molecule has 12 heteroatoms. The first kappa shape index (κ1) is 20.5. The van der Waals surface area contributed by atoms with E-state index in [4.69, 9.17) is 10.5 Å². The molecule has 1 fully saturated rings. The van der Waals surface area contributed by atoms with E-state index in [1.165, 1.54) is 12.1 Å². The molecule has 3 heterocycles. The number of hydrogen-bond donors (Lipinski definition) is 3. The van der Waals surface area contributed by atoms with Crippen LogP contribution in [0.15, 0.2) is 18.2 Å². The first-order valence-electron chi connectivity index (χ1n) is 9.69. The lowest BCUT2D eigenvalue weighted by atomic mass is 9.91. The summed E-state index contributed by atoms with van der Waals surface area (Å²) in [6.07, 6.45) is -0.142.